The summed E-state index contributed by atoms with van der Waals surface area (Å²) in [5.74, 6) is 5.67. The van der Waals surface area contributed by atoms with Crippen LogP contribution in [0, 0.1) is 6.92 Å². The minimum Gasteiger partial charge on any atom is -0.271 e. The number of nitrogens with one attached hydrogen (secondary N) is 1. The van der Waals surface area contributed by atoms with E-state index in [0.29, 0.717) is 0 Å². The van der Waals surface area contributed by atoms with E-state index in [1.807, 2.05) is 14.0 Å². The third-order valence-electron chi connectivity index (χ3n) is 3.86. The number of hydrogen-bond donors (Lipinski definition) is 2. The van der Waals surface area contributed by atoms with Crippen LogP contribution in [0.25, 0.3) is 0 Å². The molecule has 1 atom stereocenters. The molecular weight excluding hydrogens is 272 g/mol. The second kappa shape index (κ2) is 9.37. The van der Waals surface area contributed by atoms with Gasteiger partial charge in [0.25, 0.3) is 0 Å². The Hall–Kier alpha value is -0.580. The van der Waals surface area contributed by atoms with Gasteiger partial charge in [0.05, 0.1) is 5.69 Å². The zero-order chi connectivity index (χ0) is 15.0. The summed E-state index contributed by atoms with van der Waals surface area (Å²) in [6, 6.07) is 0.279. The van der Waals surface area contributed by atoms with Crippen LogP contribution in [0.1, 0.15) is 63.1 Å². The summed E-state index contributed by atoms with van der Waals surface area (Å²) >= 11 is 6.27. The topological polar surface area (TPSA) is 55.9 Å². The second-order valence-corrected chi connectivity index (χ2v) is 5.96. The first kappa shape index (κ1) is 17.5. The minimum absolute atomic E-state index is 0.279. The van der Waals surface area contributed by atoms with Crippen LogP contribution in [0.2, 0.25) is 5.15 Å². The molecule has 0 aliphatic carbocycles. The standard InChI is InChI=1S/C15H29ClN4/c1-4-5-6-7-8-9-10-13(18-17)11-14-12(2)19-20(3)15(14)16/h13,18H,4-11,17H2,1-3H3. The molecule has 0 aliphatic rings. The molecule has 0 saturated carbocycles. The van der Waals surface area contributed by atoms with E-state index in [-0.39, 0.29) is 6.04 Å². The molecule has 0 fully saturated rings. The Bertz CT molecular complexity index is 389. The highest BCUT2D eigenvalue weighted by Crippen LogP contribution is 2.21. The van der Waals surface area contributed by atoms with Gasteiger partial charge in [0, 0.05) is 18.7 Å². The number of rotatable bonds is 10. The molecule has 1 heterocycles. The summed E-state index contributed by atoms with van der Waals surface area (Å²) in [5, 5.41) is 5.07. The Morgan fingerprint density at radius 3 is 2.45 bits per heavy atom. The average Bonchev–Trinajstić information content (AvgIpc) is 2.67. The number of unbranched alkanes of at least 4 members (excludes halogenated alkanes) is 5. The third kappa shape index (κ3) is 5.43. The fraction of sp³-hybridized carbons (Fsp3) is 0.800. The average molecular weight is 301 g/mol. The van der Waals surface area contributed by atoms with Gasteiger partial charge in [-0.2, -0.15) is 5.10 Å². The molecule has 1 aromatic rings. The molecule has 0 spiro atoms. The first-order valence-corrected chi connectivity index (χ1v) is 8.12. The third-order valence-corrected chi connectivity index (χ3v) is 4.33. The molecule has 5 heteroatoms. The molecule has 20 heavy (non-hydrogen) atoms. The van der Waals surface area contributed by atoms with Gasteiger partial charge in [0.2, 0.25) is 0 Å². The van der Waals surface area contributed by atoms with E-state index in [1.165, 1.54) is 38.5 Å². The highest BCUT2D eigenvalue weighted by molar-refractivity contribution is 6.30. The smallest absolute Gasteiger partial charge is 0.130 e. The zero-order valence-electron chi connectivity index (χ0n) is 13.1. The predicted octanol–water partition coefficient (Wildman–Crippen LogP) is 3.51. The van der Waals surface area contributed by atoms with Gasteiger partial charge in [0.15, 0.2) is 0 Å². The van der Waals surface area contributed by atoms with Crippen LogP contribution in [-0.2, 0) is 13.5 Å². The first-order chi connectivity index (χ1) is 9.60. The number of nitrogens with two attached hydrogens (primary N) is 1. The maximum atomic E-state index is 6.27. The predicted molar refractivity (Wildman–Crippen MR) is 85.8 cm³/mol. The summed E-state index contributed by atoms with van der Waals surface area (Å²) in [6.07, 6.45) is 9.78. The quantitative estimate of drug-likeness (QED) is 0.395. The maximum absolute atomic E-state index is 6.27. The normalized spacial score (nSPS) is 12.8. The molecule has 1 aromatic heterocycles. The molecule has 4 nitrogen and oxygen atoms in total. The Morgan fingerprint density at radius 1 is 1.25 bits per heavy atom. The highest BCUT2D eigenvalue weighted by atomic mass is 35.5. The lowest BCUT2D eigenvalue weighted by atomic mass is 10.0. The number of aromatic nitrogens is 2. The van der Waals surface area contributed by atoms with Gasteiger partial charge in [-0.15, -0.1) is 0 Å². The highest BCUT2D eigenvalue weighted by Gasteiger charge is 2.16. The largest absolute Gasteiger partial charge is 0.271 e. The van der Waals surface area contributed by atoms with E-state index in [1.54, 1.807) is 4.68 Å². The van der Waals surface area contributed by atoms with Crippen LogP contribution in [0.15, 0.2) is 0 Å². The molecule has 0 aromatic carbocycles. The summed E-state index contributed by atoms with van der Waals surface area (Å²) < 4.78 is 1.73. The Labute approximate surface area is 128 Å². The van der Waals surface area contributed by atoms with Gasteiger partial charge in [-0.1, -0.05) is 57.0 Å². The Kier molecular flexibility index (Phi) is 8.19. The van der Waals surface area contributed by atoms with E-state index < -0.39 is 0 Å². The minimum atomic E-state index is 0.279. The number of aryl methyl sites for hydroxylation is 2. The molecule has 0 bridgehead atoms. The van der Waals surface area contributed by atoms with Crippen molar-refractivity contribution in [1.82, 2.24) is 15.2 Å². The monoisotopic (exact) mass is 300 g/mol. The Morgan fingerprint density at radius 2 is 1.90 bits per heavy atom. The van der Waals surface area contributed by atoms with Gasteiger partial charge in [0.1, 0.15) is 5.15 Å². The van der Waals surface area contributed by atoms with Crippen molar-refractivity contribution in [3.8, 4) is 0 Å². The molecule has 116 valence electrons. The fourth-order valence-corrected chi connectivity index (χ4v) is 2.82. The molecule has 1 unspecified atom stereocenters. The van der Waals surface area contributed by atoms with Gasteiger partial charge in [-0.3, -0.25) is 16.0 Å². The molecule has 0 radical (unpaired) electrons. The van der Waals surface area contributed by atoms with Gasteiger partial charge >= 0.3 is 0 Å². The number of hydrazine groups is 1. The van der Waals surface area contributed by atoms with Crippen LogP contribution in [0.4, 0.5) is 0 Å². The Balaban J connectivity index is 2.35. The van der Waals surface area contributed by atoms with E-state index in [2.05, 4.69) is 17.4 Å². The number of halogens is 1. The van der Waals surface area contributed by atoms with E-state index in [4.69, 9.17) is 17.4 Å². The van der Waals surface area contributed by atoms with E-state index in [9.17, 15) is 0 Å². The van der Waals surface area contributed by atoms with Crippen LogP contribution < -0.4 is 11.3 Å². The number of nitrogens with zero attached hydrogens (tertiary/aromatic N) is 2. The maximum Gasteiger partial charge on any atom is 0.130 e. The van der Waals surface area contributed by atoms with Crippen molar-refractivity contribution in [3.05, 3.63) is 16.4 Å². The lowest BCUT2D eigenvalue weighted by Crippen LogP contribution is -2.36. The second-order valence-electron chi connectivity index (χ2n) is 5.60. The van der Waals surface area contributed by atoms with Crippen LogP contribution in [0.3, 0.4) is 0 Å². The summed E-state index contributed by atoms with van der Waals surface area (Å²) in [4.78, 5) is 0. The lowest BCUT2D eigenvalue weighted by Gasteiger charge is -2.15. The molecular formula is C15H29ClN4. The van der Waals surface area contributed by atoms with E-state index in [0.717, 1.165) is 29.3 Å². The van der Waals surface area contributed by atoms with Crippen molar-refractivity contribution in [2.75, 3.05) is 0 Å². The molecule has 0 saturated heterocycles. The molecule has 3 N–H and O–H groups in total. The first-order valence-electron chi connectivity index (χ1n) is 7.74. The molecule has 0 amide bonds. The molecule has 0 aliphatic heterocycles. The van der Waals surface area contributed by atoms with Gasteiger partial charge < -0.3 is 0 Å². The summed E-state index contributed by atoms with van der Waals surface area (Å²) in [6.45, 7) is 4.24. The van der Waals surface area contributed by atoms with Crippen LogP contribution >= 0.6 is 11.6 Å². The lowest BCUT2D eigenvalue weighted by molar-refractivity contribution is 0.459. The summed E-state index contributed by atoms with van der Waals surface area (Å²) in [7, 11) is 1.87. The number of hydrogen-bond acceptors (Lipinski definition) is 3. The summed E-state index contributed by atoms with van der Waals surface area (Å²) in [5.41, 5.74) is 5.04. The van der Waals surface area contributed by atoms with Gasteiger partial charge in [-0.25, -0.2) is 0 Å². The van der Waals surface area contributed by atoms with Crippen molar-refractivity contribution in [2.45, 2.75) is 71.3 Å². The SMILES string of the molecule is CCCCCCCCC(Cc1c(C)nn(C)c1Cl)NN. The van der Waals surface area contributed by atoms with Crippen molar-refractivity contribution in [2.24, 2.45) is 12.9 Å². The van der Waals surface area contributed by atoms with Crippen LogP contribution in [-0.4, -0.2) is 15.8 Å². The van der Waals surface area contributed by atoms with Crippen molar-refractivity contribution in [3.63, 3.8) is 0 Å². The van der Waals surface area contributed by atoms with Crippen LogP contribution in [0.5, 0.6) is 0 Å². The fourth-order valence-electron chi connectivity index (χ4n) is 2.57. The van der Waals surface area contributed by atoms with Gasteiger partial charge in [-0.05, 0) is 19.8 Å². The van der Waals surface area contributed by atoms with Crippen molar-refractivity contribution in [1.29, 1.82) is 0 Å². The van der Waals surface area contributed by atoms with Crippen molar-refractivity contribution < 1.29 is 0 Å². The zero-order valence-corrected chi connectivity index (χ0v) is 13.8. The van der Waals surface area contributed by atoms with E-state index >= 15 is 0 Å². The molecule has 1 rings (SSSR count). The van der Waals surface area contributed by atoms with Crippen molar-refractivity contribution >= 4 is 11.6 Å².